The van der Waals surface area contributed by atoms with Gasteiger partial charge < -0.3 is 9.64 Å². The molecule has 1 spiro atoms. The maximum Gasteiger partial charge on any atom is 0.501 e. The number of benzene rings is 1. The maximum atomic E-state index is 13.3. The summed E-state index contributed by atoms with van der Waals surface area (Å²) in [5, 5.41) is 7.96. The van der Waals surface area contributed by atoms with E-state index in [0.29, 0.717) is 11.4 Å². The smallest absolute Gasteiger partial charge is 0.347 e. The monoisotopic (exact) mass is 510 g/mol. The fourth-order valence-electron chi connectivity index (χ4n) is 4.00. The Morgan fingerprint density at radius 2 is 1.77 bits per heavy atom. The second-order valence-electron chi connectivity index (χ2n) is 8.43. The Hall–Kier alpha value is -3.32. The molecule has 2 aromatic rings. The van der Waals surface area contributed by atoms with Gasteiger partial charge >= 0.3 is 5.51 Å². The van der Waals surface area contributed by atoms with Crippen LogP contribution >= 0.6 is 0 Å². The lowest BCUT2D eigenvalue weighted by Gasteiger charge is -2.48. The minimum absolute atomic E-state index is 0.0712. The molecule has 0 saturated carbocycles. The highest BCUT2D eigenvalue weighted by Gasteiger charge is 2.47. The molecule has 9 nitrogen and oxygen atoms in total. The Morgan fingerprint density at radius 3 is 2.34 bits per heavy atom. The van der Waals surface area contributed by atoms with Crippen LogP contribution in [-0.2, 0) is 30.6 Å². The summed E-state index contributed by atoms with van der Waals surface area (Å²) in [6.45, 7) is 3.74. The predicted octanol–water partition coefficient (Wildman–Crippen LogP) is 2.38. The fraction of sp³-hybridized carbons (Fsp3) is 0.364. The van der Waals surface area contributed by atoms with Gasteiger partial charge in [0.1, 0.15) is 0 Å². The summed E-state index contributed by atoms with van der Waals surface area (Å²) >= 11 is 0. The Morgan fingerprint density at radius 1 is 1.14 bits per heavy atom. The van der Waals surface area contributed by atoms with E-state index < -0.39 is 31.9 Å². The summed E-state index contributed by atoms with van der Waals surface area (Å²) in [7, 11) is -5.45. The first kappa shape index (κ1) is 24.8. The first-order chi connectivity index (χ1) is 16.3. The second kappa shape index (κ2) is 8.72. The highest BCUT2D eigenvalue weighted by molar-refractivity contribution is 7.92. The van der Waals surface area contributed by atoms with E-state index in [1.54, 1.807) is 17.1 Å². The van der Waals surface area contributed by atoms with Crippen molar-refractivity contribution in [1.29, 1.82) is 0 Å². The number of hydrogen-bond acceptors (Lipinski definition) is 7. The molecule has 186 valence electrons. The average molecular weight is 510 g/mol. The van der Waals surface area contributed by atoms with Crippen LogP contribution in [0.25, 0.3) is 5.69 Å². The van der Waals surface area contributed by atoms with Gasteiger partial charge in [0, 0.05) is 12.5 Å². The first-order valence-electron chi connectivity index (χ1n) is 10.6. The van der Waals surface area contributed by atoms with Crippen LogP contribution in [0.2, 0.25) is 0 Å². The van der Waals surface area contributed by atoms with Crippen molar-refractivity contribution in [2.24, 2.45) is 5.92 Å². The molecular weight excluding hydrogens is 489 g/mol. The lowest BCUT2D eigenvalue weighted by Crippen LogP contribution is -2.61. The predicted molar refractivity (Wildman–Crippen MR) is 116 cm³/mol. The number of allylic oxidation sites excluding steroid dienone is 2. The minimum Gasteiger partial charge on any atom is -0.347 e. The number of ether oxygens (including phenoxy) is 1. The van der Waals surface area contributed by atoms with Crippen molar-refractivity contribution in [2.45, 2.75) is 42.4 Å². The molecule has 0 radical (unpaired) electrons. The van der Waals surface area contributed by atoms with Crippen LogP contribution in [0.4, 0.5) is 13.2 Å². The van der Waals surface area contributed by atoms with Crippen molar-refractivity contribution >= 4 is 21.5 Å². The van der Waals surface area contributed by atoms with Gasteiger partial charge in [-0.3, -0.25) is 9.59 Å². The topological polar surface area (TPSA) is 111 Å². The molecule has 35 heavy (non-hydrogen) atoms. The van der Waals surface area contributed by atoms with Crippen LogP contribution < -0.4 is 0 Å². The van der Waals surface area contributed by atoms with Gasteiger partial charge in [-0.1, -0.05) is 5.21 Å². The molecule has 1 atom stereocenters. The molecule has 1 unspecified atom stereocenters. The molecule has 0 bridgehead atoms. The zero-order valence-electron chi connectivity index (χ0n) is 18.6. The number of hydrogen-bond donors (Lipinski definition) is 0. The van der Waals surface area contributed by atoms with Crippen LogP contribution in [0.5, 0.6) is 0 Å². The average Bonchev–Trinajstić information content (AvgIpc) is 3.26. The molecule has 1 aromatic heterocycles. The number of carbonyl (C=O) groups excluding carboxylic acids is 2. The molecule has 4 rings (SSSR count). The van der Waals surface area contributed by atoms with Crippen LogP contribution in [-0.4, -0.2) is 63.9 Å². The van der Waals surface area contributed by atoms with Crippen molar-refractivity contribution in [3.8, 4) is 5.69 Å². The van der Waals surface area contributed by atoms with Gasteiger partial charge in [-0.2, -0.15) is 13.2 Å². The number of carbonyl (C=O) groups is 2. The summed E-state index contributed by atoms with van der Waals surface area (Å²) in [5.74, 6) is -0.962. The van der Waals surface area contributed by atoms with E-state index in [0.717, 1.165) is 12.1 Å². The zero-order chi connectivity index (χ0) is 25.6. The highest BCUT2D eigenvalue weighted by Crippen LogP contribution is 2.34. The van der Waals surface area contributed by atoms with Crippen molar-refractivity contribution in [3.63, 3.8) is 0 Å². The maximum absolute atomic E-state index is 13.3. The fourth-order valence-corrected chi connectivity index (χ4v) is 4.76. The van der Waals surface area contributed by atoms with Crippen molar-refractivity contribution < 1.29 is 35.9 Å². The van der Waals surface area contributed by atoms with Crippen molar-refractivity contribution in [2.75, 3.05) is 6.61 Å². The van der Waals surface area contributed by atoms with E-state index in [9.17, 15) is 31.2 Å². The molecule has 0 N–H and O–H groups in total. The summed E-state index contributed by atoms with van der Waals surface area (Å²) < 4.78 is 68.5. The molecule has 1 aliphatic carbocycles. The van der Waals surface area contributed by atoms with Crippen molar-refractivity contribution in [3.05, 3.63) is 60.5 Å². The number of ketones is 1. The van der Waals surface area contributed by atoms with Crippen LogP contribution in [0, 0.1) is 5.92 Å². The first-order valence-corrected chi connectivity index (χ1v) is 12.0. The summed E-state index contributed by atoms with van der Waals surface area (Å²) in [5.41, 5.74) is -5.80. The third-order valence-corrected chi connectivity index (χ3v) is 7.18. The Labute approximate surface area is 198 Å². The number of sulfone groups is 1. The number of nitrogens with zero attached hydrogens (tertiary/aromatic N) is 4. The minimum atomic E-state index is -5.45. The van der Waals surface area contributed by atoms with Gasteiger partial charge in [-0.25, -0.2) is 13.1 Å². The van der Waals surface area contributed by atoms with Gasteiger partial charge in [-0.15, -0.1) is 5.10 Å². The Balaban J connectivity index is 1.51. The van der Waals surface area contributed by atoms with Gasteiger partial charge in [0.2, 0.25) is 5.91 Å². The normalized spacial score (nSPS) is 20.3. The third kappa shape index (κ3) is 4.52. The molecule has 1 saturated heterocycles. The molecule has 1 aliphatic heterocycles. The number of rotatable bonds is 5. The zero-order valence-corrected chi connectivity index (χ0v) is 19.5. The third-order valence-electron chi connectivity index (χ3n) is 5.68. The molecule has 1 amide bonds. The van der Waals surface area contributed by atoms with Gasteiger partial charge in [-0.05, 0) is 62.4 Å². The highest BCUT2D eigenvalue weighted by atomic mass is 32.2. The van der Waals surface area contributed by atoms with Crippen molar-refractivity contribution in [1.82, 2.24) is 19.9 Å². The number of aromatic nitrogens is 3. The summed E-state index contributed by atoms with van der Waals surface area (Å²) in [6, 6.07) is 3.82. The molecule has 13 heteroatoms. The van der Waals surface area contributed by atoms with Gasteiger partial charge in [0.25, 0.3) is 9.84 Å². The number of alkyl halides is 3. The Kier molecular flexibility index (Phi) is 6.18. The quantitative estimate of drug-likeness (QED) is 0.607. The van der Waals surface area contributed by atoms with Gasteiger partial charge in [0.15, 0.2) is 11.5 Å². The molecular formula is C22H21F3N4O5S. The van der Waals surface area contributed by atoms with Crippen LogP contribution in [0.1, 0.15) is 19.5 Å². The molecule has 1 fully saturated rings. The summed E-state index contributed by atoms with van der Waals surface area (Å²) in [4.78, 5) is 25.5. The summed E-state index contributed by atoms with van der Waals surface area (Å²) in [6.07, 6.45) is 7.53. The van der Waals surface area contributed by atoms with Gasteiger partial charge in [0.05, 0.1) is 35.0 Å². The largest absolute Gasteiger partial charge is 0.501 e. The van der Waals surface area contributed by atoms with E-state index >= 15 is 0 Å². The number of amides is 1. The molecule has 2 heterocycles. The van der Waals surface area contributed by atoms with Crippen LogP contribution in [0.15, 0.2) is 59.7 Å². The van der Waals surface area contributed by atoms with E-state index in [2.05, 4.69) is 10.3 Å². The van der Waals surface area contributed by atoms with Crippen LogP contribution in [0.3, 0.4) is 0 Å². The second-order valence-corrected chi connectivity index (χ2v) is 10.4. The standard InChI is InChI=1S/C22H21F3N4O5S/c1-14(2)29-20(31)15(13-34-21(29)9-7-18(30)8-10-21)11-16-12-28(27-26-16)17-3-5-19(6-4-17)35(32,33)22(23,24)25/h3-10,12,14-15H,11,13H2,1-2H3. The lowest BCUT2D eigenvalue weighted by molar-refractivity contribution is -0.185. The lowest BCUT2D eigenvalue weighted by atomic mass is 9.93. The Bertz CT molecular complexity index is 1300. The van der Waals surface area contributed by atoms with E-state index in [1.165, 1.54) is 35.2 Å². The molecule has 2 aliphatic rings. The van der Waals surface area contributed by atoms with E-state index in [1.807, 2.05) is 13.8 Å². The SMILES string of the molecule is CC(C)N1C(=O)C(Cc2cn(-c3ccc(S(=O)(=O)C(F)(F)F)cc3)nn2)COC12C=CC(=O)C=C2. The van der Waals surface area contributed by atoms with E-state index in [-0.39, 0.29) is 30.8 Å². The van der Waals surface area contributed by atoms with E-state index in [4.69, 9.17) is 4.74 Å². The molecule has 1 aromatic carbocycles. The number of halogens is 3.